The van der Waals surface area contributed by atoms with Crippen molar-refractivity contribution >= 4 is 56.5 Å². The van der Waals surface area contributed by atoms with E-state index in [1.807, 2.05) is 30.3 Å². The van der Waals surface area contributed by atoms with E-state index in [-0.39, 0.29) is 30.4 Å². The molecule has 0 saturated carbocycles. The minimum Gasteiger partial charge on any atom is -0.493 e. The molecule has 1 fully saturated rings. The van der Waals surface area contributed by atoms with Gasteiger partial charge in [0.05, 0.1) is 29.8 Å². The molecule has 0 aromatic heterocycles. The first-order valence-electron chi connectivity index (χ1n) is 12.7. The van der Waals surface area contributed by atoms with Crippen LogP contribution in [0.1, 0.15) is 27.0 Å². The van der Waals surface area contributed by atoms with Crippen LogP contribution in [0.5, 0.6) is 11.5 Å². The first-order chi connectivity index (χ1) is 20.3. The standard InChI is InChI=1S/C32H24BrFN2O5S/c1-40-27-15-23(26(33)17-28(27)41-19-21-9-13-24(34)14-10-21)16-29-30(37)36(18-20-7-11-22(12-8-20)31(38)39)32(42-29)35-25-5-3-2-4-6-25/h2-17H,18-19H2,1H3,(H,38,39)/b29-16-,35-32?. The molecule has 0 aliphatic carbocycles. The van der Waals surface area contributed by atoms with E-state index in [4.69, 9.17) is 14.5 Å². The number of methoxy groups -OCH3 is 1. The smallest absolute Gasteiger partial charge is 0.335 e. The van der Waals surface area contributed by atoms with Crippen molar-refractivity contribution in [3.05, 3.63) is 128 Å². The van der Waals surface area contributed by atoms with Crippen molar-refractivity contribution in [2.75, 3.05) is 7.11 Å². The highest BCUT2D eigenvalue weighted by Crippen LogP contribution is 2.39. The van der Waals surface area contributed by atoms with Gasteiger partial charge < -0.3 is 14.6 Å². The van der Waals surface area contributed by atoms with E-state index >= 15 is 0 Å². The molecule has 0 spiro atoms. The number of carbonyl (C=O) groups excluding carboxylic acids is 1. The Balaban J connectivity index is 1.43. The number of carboxylic acid groups (broad SMARTS) is 1. The summed E-state index contributed by atoms with van der Waals surface area (Å²) in [5.74, 6) is -0.615. The Bertz CT molecular complexity index is 1680. The van der Waals surface area contributed by atoms with Gasteiger partial charge in [-0.2, -0.15) is 0 Å². The van der Waals surface area contributed by atoms with E-state index in [0.717, 1.165) is 11.1 Å². The molecule has 1 saturated heterocycles. The third-order valence-corrected chi connectivity index (χ3v) is 7.98. The maximum atomic E-state index is 13.7. The Hall–Kier alpha value is -4.41. The maximum Gasteiger partial charge on any atom is 0.335 e. The minimum atomic E-state index is -1.02. The molecule has 7 nitrogen and oxygen atoms in total. The van der Waals surface area contributed by atoms with Crippen molar-refractivity contribution in [3.8, 4) is 11.5 Å². The molecule has 0 bridgehead atoms. The first-order valence-corrected chi connectivity index (χ1v) is 14.3. The summed E-state index contributed by atoms with van der Waals surface area (Å²) in [6.45, 7) is 0.439. The Labute approximate surface area is 254 Å². The van der Waals surface area contributed by atoms with Gasteiger partial charge in [-0.3, -0.25) is 9.69 Å². The van der Waals surface area contributed by atoms with E-state index in [1.165, 1.54) is 43.1 Å². The number of rotatable bonds is 9. The number of ether oxygens (including phenoxy) is 2. The van der Waals surface area contributed by atoms with E-state index in [0.29, 0.717) is 37.3 Å². The second-order valence-electron chi connectivity index (χ2n) is 9.17. The van der Waals surface area contributed by atoms with Crippen molar-refractivity contribution in [2.24, 2.45) is 4.99 Å². The number of aliphatic imine (C=N–C) groups is 1. The number of carbonyl (C=O) groups is 2. The summed E-state index contributed by atoms with van der Waals surface area (Å²) in [6, 6.07) is 25.3. The highest BCUT2D eigenvalue weighted by molar-refractivity contribution is 9.10. The second kappa shape index (κ2) is 13.1. The second-order valence-corrected chi connectivity index (χ2v) is 11.0. The Morgan fingerprint density at radius 3 is 2.36 bits per heavy atom. The third kappa shape index (κ3) is 6.89. The number of halogens is 2. The fourth-order valence-corrected chi connectivity index (χ4v) is 5.52. The highest BCUT2D eigenvalue weighted by Gasteiger charge is 2.34. The van der Waals surface area contributed by atoms with Gasteiger partial charge in [0.15, 0.2) is 16.7 Å². The Kier molecular flexibility index (Phi) is 9.04. The third-order valence-electron chi connectivity index (χ3n) is 6.29. The number of thioether (sulfide) groups is 1. The summed E-state index contributed by atoms with van der Waals surface area (Å²) < 4.78 is 25.4. The molecule has 5 rings (SSSR count). The van der Waals surface area contributed by atoms with Gasteiger partial charge in [0, 0.05) is 4.47 Å². The number of nitrogens with zero attached hydrogens (tertiary/aromatic N) is 2. The van der Waals surface area contributed by atoms with Gasteiger partial charge in [-0.1, -0.05) is 58.4 Å². The van der Waals surface area contributed by atoms with Crippen LogP contribution in [0.4, 0.5) is 10.1 Å². The number of hydrogen-bond acceptors (Lipinski definition) is 6. The first kappa shape index (κ1) is 29.1. The van der Waals surface area contributed by atoms with Crippen molar-refractivity contribution in [1.82, 2.24) is 4.90 Å². The van der Waals surface area contributed by atoms with Crippen LogP contribution in [-0.2, 0) is 17.9 Å². The SMILES string of the molecule is COc1cc(/C=C2\SC(=Nc3ccccc3)N(Cc3ccc(C(=O)O)cc3)C2=O)c(Br)cc1OCc1ccc(F)cc1. The van der Waals surface area contributed by atoms with Gasteiger partial charge in [-0.05, 0) is 83.1 Å². The monoisotopic (exact) mass is 646 g/mol. The van der Waals surface area contributed by atoms with Gasteiger partial charge in [0.2, 0.25) is 0 Å². The number of para-hydroxylation sites is 1. The van der Waals surface area contributed by atoms with Crippen molar-refractivity contribution in [1.29, 1.82) is 0 Å². The van der Waals surface area contributed by atoms with Crippen LogP contribution in [0.3, 0.4) is 0 Å². The van der Waals surface area contributed by atoms with E-state index in [1.54, 1.807) is 47.4 Å². The number of benzene rings is 4. The van der Waals surface area contributed by atoms with Gasteiger partial charge in [0.25, 0.3) is 5.91 Å². The molecular formula is C32H24BrFN2O5S. The van der Waals surface area contributed by atoms with Crippen LogP contribution < -0.4 is 9.47 Å². The lowest BCUT2D eigenvalue weighted by Gasteiger charge is -2.16. The summed E-state index contributed by atoms with van der Waals surface area (Å²) in [4.78, 5) is 31.7. The Morgan fingerprint density at radius 1 is 1.00 bits per heavy atom. The van der Waals surface area contributed by atoms with Gasteiger partial charge in [0.1, 0.15) is 12.4 Å². The average molecular weight is 648 g/mol. The molecule has 4 aromatic rings. The zero-order valence-corrected chi connectivity index (χ0v) is 24.7. The molecule has 10 heteroatoms. The molecular weight excluding hydrogens is 623 g/mol. The summed E-state index contributed by atoms with van der Waals surface area (Å²) in [5.41, 5.74) is 3.14. The molecule has 1 amide bonds. The quantitative estimate of drug-likeness (QED) is 0.188. The maximum absolute atomic E-state index is 13.7. The van der Waals surface area contributed by atoms with Crippen molar-refractivity contribution < 1.29 is 28.6 Å². The van der Waals surface area contributed by atoms with Gasteiger partial charge in [-0.25, -0.2) is 14.2 Å². The van der Waals surface area contributed by atoms with Crippen LogP contribution in [0.2, 0.25) is 0 Å². The van der Waals surface area contributed by atoms with E-state index < -0.39 is 5.97 Å². The van der Waals surface area contributed by atoms with Crippen LogP contribution in [-0.4, -0.2) is 34.2 Å². The van der Waals surface area contributed by atoms with Crippen LogP contribution in [0.15, 0.2) is 105 Å². The average Bonchev–Trinajstić information content (AvgIpc) is 3.27. The highest BCUT2D eigenvalue weighted by atomic mass is 79.9. The number of carboxylic acids is 1. The number of amides is 1. The molecule has 0 unspecified atom stereocenters. The molecule has 4 aromatic carbocycles. The predicted molar refractivity (Wildman–Crippen MR) is 164 cm³/mol. The lowest BCUT2D eigenvalue weighted by atomic mass is 10.1. The summed E-state index contributed by atoms with van der Waals surface area (Å²) in [7, 11) is 1.53. The molecule has 212 valence electrons. The van der Waals surface area contributed by atoms with E-state index in [2.05, 4.69) is 15.9 Å². The molecule has 1 aliphatic rings. The van der Waals surface area contributed by atoms with Crippen LogP contribution >= 0.6 is 27.7 Å². The minimum absolute atomic E-state index is 0.170. The lowest BCUT2D eigenvalue weighted by molar-refractivity contribution is -0.122. The topological polar surface area (TPSA) is 88.4 Å². The molecule has 0 atom stereocenters. The van der Waals surface area contributed by atoms with Gasteiger partial charge >= 0.3 is 5.97 Å². The van der Waals surface area contributed by atoms with Crippen LogP contribution in [0.25, 0.3) is 6.08 Å². The zero-order chi connectivity index (χ0) is 29.6. The van der Waals surface area contributed by atoms with Gasteiger partial charge in [-0.15, -0.1) is 0 Å². The zero-order valence-electron chi connectivity index (χ0n) is 22.3. The summed E-state index contributed by atoms with van der Waals surface area (Å²) in [5, 5.41) is 9.73. The van der Waals surface area contributed by atoms with Crippen molar-refractivity contribution in [3.63, 3.8) is 0 Å². The number of amidine groups is 1. The molecule has 0 radical (unpaired) electrons. The normalized spacial score (nSPS) is 14.9. The molecule has 42 heavy (non-hydrogen) atoms. The predicted octanol–water partition coefficient (Wildman–Crippen LogP) is 7.68. The number of aromatic carboxylic acids is 1. The molecule has 1 aliphatic heterocycles. The van der Waals surface area contributed by atoms with Crippen LogP contribution in [0, 0.1) is 5.82 Å². The Morgan fingerprint density at radius 2 is 1.69 bits per heavy atom. The molecule has 1 N–H and O–H groups in total. The van der Waals surface area contributed by atoms with Crippen molar-refractivity contribution in [2.45, 2.75) is 13.2 Å². The molecule has 1 heterocycles. The lowest BCUT2D eigenvalue weighted by Crippen LogP contribution is -2.28. The number of hydrogen-bond donors (Lipinski definition) is 1. The fourth-order valence-electron chi connectivity index (χ4n) is 4.10. The summed E-state index contributed by atoms with van der Waals surface area (Å²) >= 11 is 4.84. The summed E-state index contributed by atoms with van der Waals surface area (Å²) in [6.07, 6.45) is 1.76. The fraction of sp³-hybridized carbons (Fsp3) is 0.0938. The largest absolute Gasteiger partial charge is 0.493 e. The van der Waals surface area contributed by atoms with E-state index in [9.17, 15) is 19.1 Å².